The van der Waals surface area contributed by atoms with Gasteiger partial charge in [-0.2, -0.15) is 0 Å². The van der Waals surface area contributed by atoms with Gasteiger partial charge in [0.25, 0.3) is 0 Å². The van der Waals surface area contributed by atoms with Crippen LogP contribution in [0, 0.1) is 0 Å². The van der Waals surface area contributed by atoms with Gasteiger partial charge in [-0.15, -0.1) is 0 Å². The molecule has 0 spiro atoms. The van der Waals surface area contributed by atoms with Gasteiger partial charge in [0.1, 0.15) is 0 Å². The second kappa shape index (κ2) is 9.44. The largest absolute Gasteiger partial charge is 0.208 e. The molecule has 0 amide bonds. The van der Waals surface area contributed by atoms with Crippen molar-refractivity contribution in [1.29, 1.82) is 0 Å². The average Bonchev–Trinajstić information content (AvgIpc) is 2.89. The van der Waals surface area contributed by atoms with E-state index >= 15 is 0 Å². The number of hydrogen-bond acceptors (Lipinski definition) is 3. The van der Waals surface area contributed by atoms with Crippen LogP contribution in [0.4, 0.5) is 0 Å². The summed E-state index contributed by atoms with van der Waals surface area (Å²) >= 11 is 6.74. The summed E-state index contributed by atoms with van der Waals surface area (Å²) in [6.45, 7) is 6.57. The highest BCUT2D eigenvalue weighted by molar-refractivity contribution is 6.33. The van der Waals surface area contributed by atoms with E-state index in [0.29, 0.717) is 17.5 Å². The Labute approximate surface area is 211 Å². The quantitative estimate of drug-likeness (QED) is 0.261. The minimum absolute atomic E-state index is 0.0383. The number of nitrogens with zero attached hydrogens (tertiary/aromatic N) is 3. The number of aromatic nitrogens is 3. The normalized spacial score (nSPS) is 11.4. The highest BCUT2D eigenvalue weighted by Crippen LogP contribution is 2.34. The summed E-state index contributed by atoms with van der Waals surface area (Å²) in [5.74, 6) is 1.92. The summed E-state index contributed by atoms with van der Waals surface area (Å²) in [4.78, 5) is 14.5. The van der Waals surface area contributed by atoms with E-state index in [-0.39, 0.29) is 5.41 Å². The van der Waals surface area contributed by atoms with Crippen molar-refractivity contribution < 1.29 is 0 Å². The smallest absolute Gasteiger partial charge is 0.164 e. The molecule has 0 bridgehead atoms. The number of benzene rings is 4. The Morgan fingerprint density at radius 1 is 0.514 bits per heavy atom. The maximum absolute atomic E-state index is 6.74. The molecule has 0 aliphatic rings. The molecule has 1 aromatic heterocycles. The second-order valence-electron chi connectivity index (χ2n) is 9.56. The van der Waals surface area contributed by atoms with E-state index < -0.39 is 0 Å². The molecule has 0 aliphatic heterocycles. The Hall–Kier alpha value is -3.82. The zero-order chi connectivity index (χ0) is 24.4. The molecule has 0 aliphatic carbocycles. The first-order valence-corrected chi connectivity index (χ1v) is 12.0. The van der Waals surface area contributed by atoms with Gasteiger partial charge in [0.05, 0.1) is 0 Å². The fourth-order valence-corrected chi connectivity index (χ4v) is 4.27. The number of halogens is 1. The fourth-order valence-electron chi connectivity index (χ4n) is 3.98. The summed E-state index contributed by atoms with van der Waals surface area (Å²) in [7, 11) is 0. The summed E-state index contributed by atoms with van der Waals surface area (Å²) in [6, 6.07) is 34.5. The van der Waals surface area contributed by atoms with Crippen LogP contribution in [0.5, 0.6) is 0 Å². The molecular formula is C31H26ClN3. The minimum atomic E-state index is 0.0383. The Bertz CT molecular complexity index is 1420. The molecule has 0 N–H and O–H groups in total. The van der Waals surface area contributed by atoms with Gasteiger partial charge in [0.15, 0.2) is 17.5 Å². The van der Waals surface area contributed by atoms with E-state index in [4.69, 9.17) is 26.6 Å². The monoisotopic (exact) mass is 475 g/mol. The van der Waals surface area contributed by atoms with Crippen LogP contribution in [0.25, 0.3) is 45.3 Å². The molecule has 0 saturated carbocycles. The number of hydrogen-bond donors (Lipinski definition) is 0. The van der Waals surface area contributed by atoms with E-state index in [2.05, 4.69) is 51.1 Å². The topological polar surface area (TPSA) is 38.7 Å². The van der Waals surface area contributed by atoms with Crippen LogP contribution in [0.2, 0.25) is 5.02 Å². The summed E-state index contributed by atoms with van der Waals surface area (Å²) in [6.07, 6.45) is 0. The first-order chi connectivity index (χ1) is 16.9. The molecule has 35 heavy (non-hydrogen) atoms. The van der Waals surface area contributed by atoms with Crippen LogP contribution in [0.1, 0.15) is 26.3 Å². The van der Waals surface area contributed by atoms with E-state index in [0.717, 1.165) is 32.8 Å². The van der Waals surface area contributed by atoms with Gasteiger partial charge in [-0.1, -0.05) is 123 Å². The second-order valence-corrected chi connectivity index (χ2v) is 9.97. The van der Waals surface area contributed by atoms with Gasteiger partial charge in [-0.05, 0) is 28.7 Å². The van der Waals surface area contributed by atoms with Crippen LogP contribution in [0.15, 0.2) is 103 Å². The molecule has 4 aromatic carbocycles. The molecule has 172 valence electrons. The Morgan fingerprint density at radius 2 is 1.00 bits per heavy atom. The molecule has 3 nitrogen and oxygen atoms in total. The predicted octanol–water partition coefficient (Wildman–Crippen LogP) is 8.49. The lowest BCUT2D eigenvalue weighted by atomic mass is 9.86. The van der Waals surface area contributed by atoms with Gasteiger partial charge in [-0.3, -0.25) is 0 Å². The van der Waals surface area contributed by atoms with Gasteiger partial charge < -0.3 is 0 Å². The lowest BCUT2D eigenvalue weighted by Gasteiger charge is -2.20. The maximum atomic E-state index is 6.74. The Balaban J connectivity index is 1.62. The Morgan fingerprint density at radius 3 is 1.51 bits per heavy atom. The van der Waals surface area contributed by atoms with Crippen LogP contribution in [0.3, 0.4) is 0 Å². The van der Waals surface area contributed by atoms with Crippen molar-refractivity contribution in [2.24, 2.45) is 0 Å². The van der Waals surface area contributed by atoms with Gasteiger partial charge >= 0.3 is 0 Å². The molecule has 5 rings (SSSR count). The summed E-state index contributed by atoms with van der Waals surface area (Å²) in [5.41, 5.74) is 6.07. The zero-order valence-electron chi connectivity index (χ0n) is 20.0. The van der Waals surface area contributed by atoms with Gasteiger partial charge in [0, 0.05) is 27.3 Å². The van der Waals surface area contributed by atoms with Crippen LogP contribution < -0.4 is 0 Å². The van der Waals surface area contributed by atoms with E-state index in [1.54, 1.807) is 0 Å². The number of rotatable bonds is 4. The van der Waals surface area contributed by atoms with Crippen molar-refractivity contribution in [1.82, 2.24) is 15.0 Å². The van der Waals surface area contributed by atoms with E-state index in [1.165, 1.54) is 5.56 Å². The molecular weight excluding hydrogens is 450 g/mol. The molecule has 0 unspecified atom stereocenters. The van der Waals surface area contributed by atoms with E-state index in [9.17, 15) is 0 Å². The highest BCUT2D eigenvalue weighted by atomic mass is 35.5. The molecule has 4 heteroatoms. The van der Waals surface area contributed by atoms with Crippen LogP contribution in [-0.2, 0) is 5.41 Å². The highest BCUT2D eigenvalue weighted by Gasteiger charge is 2.17. The zero-order valence-corrected chi connectivity index (χ0v) is 20.8. The third kappa shape index (κ3) is 5.01. The van der Waals surface area contributed by atoms with Crippen molar-refractivity contribution in [2.45, 2.75) is 26.2 Å². The fraction of sp³-hybridized carbons (Fsp3) is 0.129. The van der Waals surface area contributed by atoms with Crippen molar-refractivity contribution in [2.75, 3.05) is 0 Å². The molecule has 1 heterocycles. The van der Waals surface area contributed by atoms with Crippen molar-refractivity contribution in [3.8, 4) is 45.3 Å². The maximum Gasteiger partial charge on any atom is 0.164 e. The molecule has 0 saturated heterocycles. The van der Waals surface area contributed by atoms with Crippen molar-refractivity contribution in [3.05, 3.63) is 114 Å². The average molecular weight is 476 g/mol. The minimum Gasteiger partial charge on any atom is -0.208 e. The molecule has 0 fully saturated rings. The van der Waals surface area contributed by atoms with Crippen molar-refractivity contribution in [3.63, 3.8) is 0 Å². The lowest BCUT2D eigenvalue weighted by molar-refractivity contribution is 0.590. The van der Waals surface area contributed by atoms with Crippen LogP contribution >= 0.6 is 11.6 Å². The molecule has 5 aromatic rings. The van der Waals surface area contributed by atoms with E-state index in [1.807, 2.05) is 72.8 Å². The summed E-state index contributed by atoms with van der Waals surface area (Å²) < 4.78 is 0. The van der Waals surface area contributed by atoms with Gasteiger partial charge in [-0.25, -0.2) is 15.0 Å². The first kappa shape index (κ1) is 22.9. The first-order valence-electron chi connectivity index (χ1n) is 11.7. The van der Waals surface area contributed by atoms with Gasteiger partial charge in [0.2, 0.25) is 0 Å². The van der Waals surface area contributed by atoms with Crippen LogP contribution in [-0.4, -0.2) is 15.0 Å². The third-order valence-electron chi connectivity index (χ3n) is 5.97. The van der Waals surface area contributed by atoms with Crippen molar-refractivity contribution >= 4 is 11.6 Å². The lowest BCUT2D eigenvalue weighted by Crippen LogP contribution is -2.10. The molecule has 0 atom stereocenters. The molecule has 0 radical (unpaired) electrons. The predicted molar refractivity (Wildman–Crippen MR) is 145 cm³/mol. The standard InChI is InChI=1S/C31H26ClN3/c1-31(2,3)25-17-18-26(27(32)20-25)23-15-10-16-24(19-23)30-34-28(21-11-6-4-7-12-21)33-29(35-30)22-13-8-5-9-14-22/h4-20H,1-3H3. The SMILES string of the molecule is CC(C)(C)c1ccc(-c2cccc(-c3nc(-c4ccccc4)nc(-c4ccccc4)n3)c2)c(Cl)c1. The third-order valence-corrected chi connectivity index (χ3v) is 6.28. The Kier molecular flexibility index (Phi) is 6.19. The summed E-state index contributed by atoms with van der Waals surface area (Å²) in [5, 5.41) is 0.736.